The Labute approximate surface area is 122 Å². The maximum Gasteiger partial charge on any atom is 0.251 e. The van der Waals surface area contributed by atoms with Crippen LogP contribution in [0.3, 0.4) is 0 Å². The Morgan fingerprint density at radius 1 is 1.33 bits per heavy atom. The highest BCUT2D eigenvalue weighted by atomic mass is 16.3. The second-order valence-electron chi connectivity index (χ2n) is 5.31. The summed E-state index contributed by atoms with van der Waals surface area (Å²) in [6, 6.07) is 6.89. The topological polar surface area (TPSA) is 104 Å². The predicted octanol–water partition coefficient (Wildman–Crippen LogP) is 1.00. The van der Waals surface area contributed by atoms with E-state index in [1.807, 2.05) is 13.8 Å². The van der Waals surface area contributed by atoms with Gasteiger partial charge in [-0.3, -0.25) is 4.79 Å². The lowest BCUT2D eigenvalue weighted by Gasteiger charge is -2.13. The molecule has 1 aromatic carbocycles. The largest absolute Gasteiger partial charge is 0.391 e. The smallest absolute Gasteiger partial charge is 0.251 e. The van der Waals surface area contributed by atoms with Crippen LogP contribution in [0.4, 0.5) is 0 Å². The van der Waals surface area contributed by atoms with Crippen molar-refractivity contribution in [1.29, 1.82) is 0 Å². The Balaban J connectivity index is 1.91. The van der Waals surface area contributed by atoms with Gasteiger partial charge in [0.05, 0.1) is 6.10 Å². The summed E-state index contributed by atoms with van der Waals surface area (Å²) in [5.74, 6) is 0.665. The van der Waals surface area contributed by atoms with Gasteiger partial charge in [-0.2, -0.15) is 5.21 Å². The van der Waals surface area contributed by atoms with Gasteiger partial charge < -0.3 is 10.4 Å². The molecule has 0 aliphatic rings. The van der Waals surface area contributed by atoms with Crippen LogP contribution in [0.1, 0.15) is 30.6 Å². The molecule has 0 saturated heterocycles. The molecule has 0 radical (unpaired) electrons. The van der Waals surface area contributed by atoms with E-state index in [1.165, 1.54) is 0 Å². The van der Waals surface area contributed by atoms with Crippen LogP contribution in [0, 0.1) is 5.92 Å². The van der Waals surface area contributed by atoms with Crippen LogP contribution >= 0.6 is 0 Å². The summed E-state index contributed by atoms with van der Waals surface area (Å²) in [5.41, 5.74) is 1.30. The average Bonchev–Trinajstić information content (AvgIpc) is 2.98. The molecule has 3 N–H and O–H groups in total. The summed E-state index contributed by atoms with van der Waals surface area (Å²) in [6.07, 6.45) is 0.143. The Morgan fingerprint density at radius 3 is 2.62 bits per heavy atom. The van der Waals surface area contributed by atoms with E-state index in [0.717, 1.165) is 5.56 Å². The van der Waals surface area contributed by atoms with Crippen molar-refractivity contribution >= 4 is 5.91 Å². The fraction of sp³-hybridized carbons (Fsp3) is 0.429. The number of hydrogen-bond donors (Lipinski definition) is 3. The number of rotatable bonds is 6. The molecule has 0 aliphatic carbocycles. The number of nitrogens with zero attached hydrogens (tertiary/aromatic N) is 3. The SMILES string of the molecule is CC(C)CC(O)CNC(=O)c1ccc(-c2nn[nH]n2)cc1. The van der Waals surface area contributed by atoms with Crippen LogP contribution in [0.15, 0.2) is 24.3 Å². The lowest BCUT2D eigenvalue weighted by Crippen LogP contribution is -2.32. The summed E-state index contributed by atoms with van der Waals surface area (Å²) >= 11 is 0. The third-order valence-electron chi connectivity index (χ3n) is 2.99. The molecule has 112 valence electrons. The summed E-state index contributed by atoms with van der Waals surface area (Å²) in [5, 5.41) is 26.1. The molecular weight excluding hydrogens is 270 g/mol. The predicted molar refractivity (Wildman–Crippen MR) is 77.4 cm³/mol. The van der Waals surface area contributed by atoms with Gasteiger partial charge in [0.15, 0.2) is 0 Å². The molecule has 0 bridgehead atoms. The zero-order valence-corrected chi connectivity index (χ0v) is 12.1. The highest BCUT2D eigenvalue weighted by Gasteiger charge is 2.11. The molecule has 7 nitrogen and oxygen atoms in total. The molecule has 1 amide bonds. The molecule has 1 heterocycles. The van der Waals surface area contributed by atoms with Crippen molar-refractivity contribution in [2.24, 2.45) is 5.92 Å². The molecule has 0 fully saturated rings. The van der Waals surface area contributed by atoms with Gasteiger partial charge in [0.1, 0.15) is 0 Å². The average molecular weight is 289 g/mol. The molecule has 2 rings (SSSR count). The quantitative estimate of drug-likeness (QED) is 0.736. The maximum atomic E-state index is 12.0. The first kappa shape index (κ1) is 15.1. The lowest BCUT2D eigenvalue weighted by atomic mass is 10.1. The summed E-state index contributed by atoms with van der Waals surface area (Å²) in [6.45, 7) is 4.31. The zero-order valence-electron chi connectivity index (χ0n) is 12.1. The summed E-state index contributed by atoms with van der Waals surface area (Å²) in [4.78, 5) is 12.0. The molecule has 7 heteroatoms. The van der Waals surface area contributed by atoms with Crippen LogP contribution in [0.5, 0.6) is 0 Å². The molecular formula is C14H19N5O2. The van der Waals surface area contributed by atoms with E-state index in [2.05, 4.69) is 25.9 Å². The number of carbonyl (C=O) groups excluding carboxylic acids is 1. The number of aliphatic hydroxyl groups excluding tert-OH is 1. The van der Waals surface area contributed by atoms with E-state index in [9.17, 15) is 9.90 Å². The summed E-state index contributed by atoms with van der Waals surface area (Å²) < 4.78 is 0. The Morgan fingerprint density at radius 2 is 2.05 bits per heavy atom. The minimum atomic E-state index is -0.521. The van der Waals surface area contributed by atoms with Crippen LogP contribution in [-0.2, 0) is 0 Å². The van der Waals surface area contributed by atoms with Crippen molar-refractivity contribution in [3.05, 3.63) is 29.8 Å². The minimum Gasteiger partial charge on any atom is -0.391 e. The second-order valence-corrected chi connectivity index (χ2v) is 5.31. The van der Waals surface area contributed by atoms with Gasteiger partial charge in [-0.15, -0.1) is 10.2 Å². The molecule has 0 saturated carbocycles. The van der Waals surface area contributed by atoms with Crippen molar-refractivity contribution < 1.29 is 9.90 Å². The highest BCUT2D eigenvalue weighted by Crippen LogP contribution is 2.14. The van der Waals surface area contributed by atoms with Gasteiger partial charge >= 0.3 is 0 Å². The van der Waals surface area contributed by atoms with E-state index >= 15 is 0 Å². The molecule has 1 atom stereocenters. The fourth-order valence-electron chi connectivity index (χ4n) is 1.99. The summed E-state index contributed by atoms with van der Waals surface area (Å²) in [7, 11) is 0. The standard InChI is InChI=1S/C14H19N5O2/c1-9(2)7-12(20)8-15-14(21)11-5-3-10(4-6-11)13-16-18-19-17-13/h3-6,9,12,20H,7-8H2,1-2H3,(H,15,21)(H,16,17,18,19). The first-order valence-corrected chi connectivity index (χ1v) is 6.86. The molecule has 21 heavy (non-hydrogen) atoms. The number of aromatic amines is 1. The molecule has 0 aliphatic heterocycles. The number of H-pyrrole nitrogens is 1. The van der Waals surface area contributed by atoms with Crippen molar-refractivity contribution in [2.75, 3.05) is 6.54 Å². The number of benzene rings is 1. The van der Waals surface area contributed by atoms with E-state index in [1.54, 1.807) is 24.3 Å². The second kappa shape index (κ2) is 6.94. The third kappa shape index (κ3) is 4.35. The van der Waals surface area contributed by atoms with E-state index < -0.39 is 6.10 Å². The first-order chi connectivity index (χ1) is 10.1. The van der Waals surface area contributed by atoms with Crippen molar-refractivity contribution in [3.63, 3.8) is 0 Å². The Kier molecular flexibility index (Phi) is 4.99. The Hall–Kier alpha value is -2.28. The number of amides is 1. The fourth-order valence-corrected chi connectivity index (χ4v) is 1.99. The van der Waals surface area contributed by atoms with Crippen LogP contribution in [-0.4, -0.2) is 44.3 Å². The molecule has 2 aromatic rings. The molecule has 1 unspecified atom stereocenters. The van der Waals surface area contributed by atoms with Crippen LogP contribution in [0.2, 0.25) is 0 Å². The number of hydrogen-bond acceptors (Lipinski definition) is 5. The minimum absolute atomic E-state index is 0.211. The normalized spacial score (nSPS) is 12.4. The number of aliphatic hydroxyl groups is 1. The van der Waals surface area contributed by atoms with Crippen LogP contribution in [0.25, 0.3) is 11.4 Å². The Bertz CT molecular complexity index is 566. The van der Waals surface area contributed by atoms with Gasteiger partial charge in [0.2, 0.25) is 5.82 Å². The number of tetrazole rings is 1. The monoisotopic (exact) mass is 289 g/mol. The van der Waals surface area contributed by atoms with Crippen molar-refractivity contribution in [3.8, 4) is 11.4 Å². The van der Waals surface area contributed by atoms with Gasteiger partial charge in [-0.1, -0.05) is 26.0 Å². The van der Waals surface area contributed by atoms with Crippen molar-refractivity contribution in [2.45, 2.75) is 26.4 Å². The van der Waals surface area contributed by atoms with E-state index in [0.29, 0.717) is 23.7 Å². The number of nitrogens with one attached hydrogen (secondary N) is 2. The van der Waals surface area contributed by atoms with Crippen LogP contribution < -0.4 is 5.32 Å². The van der Waals surface area contributed by atoms with Crippen molar-refractivity contribution in [1.82, 2.24) is 25.9 Å². The van der Waals surface area contributed by atoms with E-state index in [4.69, 9.17) is 0 Å². The first-order valence-electron chi connectivity index (χ1n) is 6.86. The van der Waals surface area contributed by atoms with Gasteiger partial charge in [0.25, 0.3) is 5.91 Å². The van der Waals surface area contributed by atoms with Gasteiger partial charge in [-0.05, 0) is 29.7 Å². The maximum absolute atomic E-state index is 12.0. The van der Waals surface area contributed by atoms with E-state index in [-0.39, 0.29) is 12.5 Å². The number of carbonyl (C=O) groups is 1. The number of aromatic nitrogens is 4. The molecule has 1 aromatic heterocycles. The lowest BCUT2D eigenvalue weighted by molar-refractivity contribution is 0.0900. The highest BCUT2D eigenvalue weighted by molar-refractivity contribution is 5.94. The molecule has 0 spiro atoms. The van der Waals surface area contributed by atoms with Gasteiger partial charge in [-0.25, -0.2) is 0 Å². The third-order valence-corrected chi connectivity index (χ3v) is 2.99. The van der Waals surface area contributed by atoms with Gasteiger partial charge in [0, 0.05) is 17.7 Å². The zero-order chi connectivity index (χ0) is 15.2.